The van der Waals surface area contributed by atoms with E-state index in [2.05, 4.69) is 15.5 Å². The maximum Gasteiger partial charge on any atom is 0.326 e. The smallest absolute Gasteiger partial charge is 0.326 e. The molecule has 0 saturated heterocycles. The molecule has 23 heavy (non-hydrogen) atoms. The van der Waals surface area contributed by atoms with Crippen LogP contribution in [0.5, 0.6) is 5.75 Å². The van der Waals surface area contributed by atoms with Crippen LogP contribution >= 0.6 is 0 Å². The number of carboxylic acid groups (broad SMARTS) is 1. The molecule has 1 aromatic heterocycles. The molecule has 122 valence electrons. The van der Waals surface area contributed by atoms with E-state index in [4.69, 9.17) is 0 Å². The second kappa shape index (κ2) is 7.44. The molecule has 0 aliphatic carbocycles. The number of benzene rings is 1. The molecule has 0 bridgehead atoms. The van der Waals surface area contributed by atoms with Crippen LogP contribution in [0.25, 0.3) is 0 Å². The number of hydrogen-bond acceptors (Lipinski definition) is 4. The Balaban J connectivity index is 2.04. The first-order valence-corrected chi connectivity index (χ1v) is 7.35. The van der Waals surface area contributed by atoms with Crippen molar-refractivity contribution in [2.24, 2.45) is 0 Å². The van der Waals surface area contributed by atoms with E-state index in [-0.39, 0.29) is 17.9 Å². The zero-order valence-electron chi connectivity index (χ0n) is 12.7. The van der Waals surface area contributed by atoms with Crippen LogP contribution < -0.4 is 5.32 Å². The van der Waals surface area contributed by atoms with Gasteiger partial charge in [0.05, 0.1) is 0 Å². The molecule has 1 heterocycles. The van der Waals surface area contributed by atoms with Crippen molar-refractivity contribution in [3.63, 3.8) is 0 Å². The minimum absolute atomic E-state index is 0.102. The molecule has 0 spiro atoms. The van der Waals surface area contributed by atoms with Gasteiger partial charge in [0, 0.05) is 12.1 Å². The monoisotopic (exact) mass is 317 g/mol. The number of rotatable bonds is 7. The van der Waals surface area contributed by atoms with Gasteiger partial charge in [-0.25, -0.2) is 4.79 Å². The molecule has 0 aliphatic rings. The van der Waals surface area contributed by atoms with Gasteiger partial charge in [0.15, 0.2) is 0 Å². The lowest BCUT2D eigenvalue weighted by Gasteiger charge is -2.13. The number of phenols is 1. The largest absolute Gasteiger partial charge is 0.508 e. The first kappa shape index (κ1) is 16.5. The summed E-state index contributed by atoms with van der Waals surface area (Å²) in [6.45, 7) is 2.01. The van der Waals surface area contributed by atoms with E-state index in [1.807, 2.05) is 6.92 Å². The van der Waals surface area contributed by atoms with Crippen LogP contribution in [0.1, 0.15) is 35.1 Å². The van der Waals surface area contributed by atoms with Gasteiger partial charge in [-0.05, 0) is 30.2 Å². The molecular weight excluding hydrogens is 298 g/mol. The van der Waals surface area contributed by atoms with E-state index < -0.39 is 17.9 Å². The van der Waals surface area contributed by atoms with E-state index >= 15 is 0 Å². The fraction of sp³-hybridized carbons (Fsp3) is 0.312. The zero-order chi connectivity index (χ0) is 16.8. The predicted molar refractivity (Wildman–Crippen MR) is 83.3 cm³/mol. The maximum absolute atomic E-state index is 12.1. The first-order chi connectivity index (χ1) is 11.0. The number of aromatic amines is 1. The van der Waals surface area contributed by atoms with Crippen molar-refractivity contribution >= 4 is 11.9 Å². The number of nitrogens with one attached hydrogen (secondary N) is 2. The van der Waals surface area contributed by atoms with E-state index in [1.165, 1.54) is 12.1 Å². The summed E-state index contributed by atoms with van der Waals surface area (Å²) in [7, 11) is 0. The molecule has 1 aromatic carbocycles. The third kappa shape index (κ3) is 4.57. The van der Waals surface area contributed by atoms with Crippen LogP contribution in [0.4, 0.5) is 0 Å². The van der Waals surface area contributed by atoms with Gasteiger partial charge in [0.1, 0.15) is 17.5 Å². The molecule has 7 heteroatoms. The number of aromatic hydroxyl groups is 1. The van der Waals surface area contributed by atoms with Crippen molar-refractivity contribution in [2.45, 2.75) is 32.2 Å². The Morgan fingerprint density at radius 2 is 2.00 bits per heavy atom. The van der Waals surface area contributed by atoms with Crippen LogP contribution in [-0.2, 0) is 17.6 Å². The van der Waals surface area contributed by atoms with Gasteiger partial charge in [0.25, 0.3) is 5.91 Å². The van der Waals surface area contributed by atoms with Crippen LogP contribution in [-0.4, -0.2) is 38.3 Å². The van der Waals surface area contributed by atoms with Gasteiger partial charge >= 0.3 is 5.97 Å². The SMILES string of the molecule is CCCc1cc(C(=O)N[C@@H](Cc2ccc(O)cc2)C(=O)O)n[nH]1. The predicted octanol–water partition coefficient (Wildman–Crippen LogP) is 1.49. The normalized spacial score (nSPS) is 11.9. The number of carbonyl (C=O) groups excluding carboxylic acids is 1. The Kier molecular flexibility index (Phi) is 5.35. The molecular formula is C16H19N3O4. The molecule has 0 saturated carbocycles. The average molecular weight is 317 g/mol. The Morgan fingerprint density at radius 3 is 2.61 bits per heavy atom. The van der Waals surface area contributed by atoms with Crippen molar-refractivity contribution < 1.29 is 19.8 Å². The highest BCUT2D eigenvalue weighted by molar-refractivity contribution is 5.95. The van der Waals surface area contributed by atoms with Crippen LogP contribution in [0.3, 0.4) is 0 Å². The summed E-state index contributed by atoms with van der Waals surface area (Å²) in [5, 5.41) is 27.7. The molecule has 0 aliphatic heterocycles. The molecule has 2 rings (SSSR count). The number of phenolic OH excluding ortho intramolecular Hbond substituents is 1. The van der Waals surface area contributed by atoms with Crippen molar-refractivity contribution in [3.8, 4) is 5.75 Å². The first-order valence-electron chi connectivity index (χ1n) is 7.35. The Morgan fingerprint density at radius 1 is 1.30 bits per heavy atom. The lowest BCUT2D eigenvalue weighted by molar-refractivity contribution is -0.139. The summed E-state index contributed by atoms with van der Waals surface area (Å²) in [5.41, 5.74) is 1.71. The van der Waals surface area contributed by atoms with Gasteiger partial charge in [-0.15, -0.1) is 0 Å². The summed E-state index contributed by atoms with van der Waals surface area (Å²) in [5.74, 6) is -1.56. The summed E-state index contributed by atoms with van der Waals surface area (Å²) in [4.78, 5) is 23.5. The minimum atomic E-state index is -1.13. The molecule has 1 atom stereocenters. The number of amides is 1. The molecule has 4 N–H and O–H groups in total. The molecule has 2 aromatic rings. The van der Waals surface area contributed by atoms with Crippen molar-refractivity contribution in [2.75, 3.05) is 0 Å². The van der Waals surface area contributed by atoms with Crippen molar-refractivity contribution in [1.29, 1.82) is 0 Å². The highest BCUT2D eigenvalue weighted by Gasteiger charge is 2.22. The lowest BCUT2D eigenvalue weighted by atomic mass is 10.1. The molecule has 1 amide bonds. The number of carbonyl (C=O) groups is 2. The summed E-state index contributed by atoms with van der Waals surface area (Å²) >= 11 is 0. The fourth-order valence-corrected chi connectivity index (χ4v) is 2.18. The van der Waals surface area contributed by atoms with Gasteiger partial charge in [0.2, 0.25) is 0 Å². The van der Waals surface area contributed by atoms with E-state index in [0.29, 0.717) is 5.56 Å². The second-order valence-corrected chi connectivity index (χ2v) is 5.26. The quantitative estimate of drug-likeness (QED) is 0.617. The minimum Gasteiger partial charge on any atom is -0.508 e. The fourth-order valence-electron chi connectivity index (χ4n) is 2.18. The van der Waals surface area contributed by atoms with E-state index in [1.54, 1.807) is 18.2 Å². The third-order valence-electron chi connectivity index (χ3n) is 3.36. The molecule has 7 nitrogen and oxygen atoms in total. The second-order valence-electron chi connectivity index (χ2n) is 5.26. The van der Waals surface area contributed by atoms with Gasteiger partial charge in [-0.2, -0.15) is 5.10 Å². The standard InChI is InChI=1S/C16H19N3O4/c1-2-3-11-9-13(19-18-11)15(21)17-14(16(22)23)8-10-4-6-12(20)7-5-10/h4-7,9,14,20H,2-3,8H2,1H3,(H,17,21)(H,18,19)(H,22,23)/t14-/m0/s1. The topological polar surface area (TPSA) is 115 Å². The molecule has 0 fully saturated rings. The van der Waals surface area contributed by atoms with Crippen LogP contribution in [0.2, 0.25) is 0 Å². The molecule has 0 radical (unpaired) electrons. The lowest BCUT2D eigenvalue weighted by Crippen LogP contribution is -2.42. The Labute approximate surface area is 133 Å². The van der Waals surface area contributed by atoms with Crippen LogP contribution in [0.15, 0.2) is 30.3 Å². The number of aromatic nitrogens is 2. The number of aliphatic carboxylic acids is 1. The number of hydrogen-bond donors (Lipinski definition) is 4. The Hall–Kier alpha value is -2.83. The zero-order valence-corrected chi connectivity index (χ0v) is 12.7. The van der Waals surface area contributed by atoms with Gasteiger partial charge < -0.3 is 15.5 Å². The van der Waals surface area contributed by atoms with Crippen molar-refractivity contribution in [3.05, 3.63) is 47.3 Å². The summed E-state index contributed by atoms with van der Waals surface area (Å²) in [6, 6.07) is 6.73. The number of aryl methyl sites for hydroxylation is 1. The third-order valence-corrected chi connectivity index (χ3v) is 3.36. The van der Waals surface area contributed by atoms with Gasteiger partial charge in [-0.1, -0.05) is 25.5 Å². The number of carboxylic acids is 1. The number of H-pyrrole nitrogens is 1. The summed E-state index contributed by atoms with van der Waals surface area (Å²) in [6.07, 6.45) is 1.81. The van der Waals surface area contributed by atoms with Gasteiger partial charge in [-0.3, -0.25) is 9.89 Å². The highest BCUT2D eigenvalue weighted by atomic mass is 16.4. The average Bonchev–Trinajstić information content (AvgIpc) is 2.97. The van der Waals surface area contributed by atoms with Crippen molar-refractivity contribution in [1.82, 2.24) is 15.5 Å². The van der Waals surface area contributed by atoms with E-state index in [9.17, 15) is 19.8 Å². The maximum atomic E-state index is 12.1. The van der Waals surface area contributed by atoms with E-state index in [0.717, 1.165) is 18.5 Å². The Bertz CT molecular complexity index is 679. The number of nitrogens with zero attached hydrogens (tertiary/aromatic N) is 1. The van der Waals surface area contributed by atoms with Crippen LogP contribution in [0, 0.1) is 0 Å². The highest BCUT2D eigenvalue weighted by Crippen LogP contribution is 2.12. The molecule has 0 unspecified atom stereocenters. The summed E-state index contributed by atoms with van der Waals surface area (Å²) < 4.78 is 0.